The molecule has 0 aliphatic carbocycles. The number of hydrogen-bond donors (Lipinski definition) is 2. The molecule has 27 heavy (non-hydrogen) atoms. The molecular weight excluding hydrogens is 389 g/mol. The van der Waals surface area contributed by atoms with E-state index in [-0.39, 0.29) is 30.4 Å². The van der Waals surface area contributed by atoms with Crippen LogP contribution in [0.2, 0.25) is 0 Å². The lowest BCUT2D eigenvalue weighted by Gasteiger charge is -2.34. The highest BCUT2D eigenvalue weighted by Gasteiger charge is 2.24. The number of methoxy groups -OCH3 is 1. The molecule has 0 atom stereocenters. The van der Waals surface area contributed by atoms with Crippen LogP contribution in [0, 0.1) is 5.92 Å². The van der Waals surface area contributed by atoms with Crippen molar-refractivity contribution in [2.45, 2.75) is 45.1 Å². The van der Waals surface area contributed by atoms with Gasteiger partial charge in [-0.1, -0.05) is 0 Å². The molecule has 2 aromatic heterocycles. The number of carbonyl (C=O) groups excluding carboxylic acids is 1. The van der Waals surface area contributed by atoms with Crippen molar-refractivity contribution in [1.82, 2.24) is 15.0 Å². The number of ether oxygens (including phenoxy) is 1. The molecule has 1 fully saturated rings. The molecule has 1 aliphatic rings. The predicted molar refractivity (Wildman–Crippen MR) is 112 cm³/mol. The van der Waals surface area contributed by atoms with Gasteiger partial charge in [0.05, 0.1) is 12.5 Å². The van der Waals surface area contributed by atoms with Crippen LogP contribution in [0.4, 0.5) is 5.82 Å². The maximum absolute atomic E-state index is 11.7. The molecule has 0 radical (unpaired) electrons. The van der Waals surface area contributed by atoms with Gasteiger partial charge in [0.2, 0.25) is 0 Å². The van der Waals surface area contributed by atoms with Crippen molar-refractivity contribution in [2.24, 2.45) is 11.7 Å². The van der Waals surface area contributed by atoms with E-state index in [1.54, 1.807) is 6.07 Å². The van der Waals surface area contributed by atoms with Crippen LogP contribution in [-0.2, 0) is 4.74 Å². The molecule has 2 aromatic rings. The van der Waals surface area contributed by atoms with Gasteiger partial charge in [0.25, 0.3) is 0 Å². The SMILES string of the molecule is COC(=O)c1cc2c(N3CCC(CCC(C)(C)N)CC3)ncnc2[nH]1.Cl.Cl. The lowest BCUT2D eigenvalue weighted by Crippen LogP contribution is -2.36. The fourth-order valence-electron chi connectivity index (χ4n) is 3.41. The maximum atomic E-state index is 11.7. The average Bonchev–Trinajstić information content (AvgIpc) is 3.03. The lowest BCUT2D eigenvalue weighted by atomic mass is 9.87. The summed E-state index contributed by atoms with van der Waals surface area (Å²) in [5.41, 5.74) is 7.08. The van der Waals surface area contributed by atoms with Crippen LogP contribution < -0.4 is 10.6 Å². The first-order valence-corrected chi connectivity index (χ1v) is 8.83. The topological polar surface area (TPSA) is 97.1 Å². The minimum absolute atomic E-state index is 0. The zero-order chi connectivity index (χ0) is 18.0. The number of nitrogens with two attached hydrogens (primary N) is 1. The summed E-state index contributed by atoms with van der Waals surface area (Å²) in [6.07, 6.45) is 6.03. The number of aromatic amines is 1. The molecule has 3 heterocycles. The minimum atomic E-state index is -0.396. The van der Waals surface area contributed by atoms with Crippen molar-refractivity contribution in [3.05, 3.63) is 18.1 Å². The third kappa shape index (κ3) is 5.70. The summed E-state index contributed by atoms with van der Waals surface area (Å²) in [5, 5.41) is 0.865. The second kappa shape index (κ2) is 9.57. The molecule has 0 spiro atoms. The van der Waals surface area contributed by atoms with Crippen molar-refractivity contribution < 1.29 is 9.53 Å². The highest BCUT2D eigenvalue weighted by atomic mass is 35.5. The fraction of sp³-hybridized carbons (Fsp3) is 0.611. The van der Waals surface area contributed by atoms with E-state index in [2.05, 4.69) is 33.7 Å². The zero-order valence-corrected chi connectivity index (χ0v) is 17.7. The van der Waals surface area contributed by atoms with E-state index in [0.29, 0.717) is 17.3 Å². The van der Waals surface area contributed by atoms with Gasteiger partial charge in [-0.3, -0.25) is 0 Å². The Bertz CT molecular complexity index is 752. The third-order valence-corrected chi connectivity index (χ3v) is 4.92. The highest BCUT2D eigenvalue weighted by molar-refractivity contribution is 5.97. The van der Waals surface area contributed by atoms with Gasteiger partial charge in [0, 0.05) is 18.6 Å². The van der Waals surface area contributed by atoms with Gasteiger partial charge >= 0.3 is 5.97 Å². The molecule has 3 N–H and O–H groups in total. The summed E-state index contributed by atoms with van der Waals surface area (Å²) in [4.78, 5) is 25.7. The van der Waals surface area contributed by atoms with Crippen LogP contribution in [-0.4, -0.2) is 46.7 Å². The fourth-order valence-corrected chi connectivity index (χ4v) is 3.41. The summed E-state index contributed by atoms with van der Waals surface area (Å²) < 4.78 is 4.78. The summed E-state index contributed by atoms with van der Waals surface area (Å²) >= 11 is 0. The molecule has 1 aliphatic heterocycles. The van der Waals surface area contributed by atoms with E-state index in [0.717, 1.165) is 43.6 Å². The van der Waals surface area contributed by atoms with Gasteiger partial charge in [0.1, 0.15) is 23.5 Å². The Morgan fingerprint density at radius 2 is 2.00 bits per heavy atom. The van der Waals surface area contributed by atoms with Crippen LogP contribution in [0.1, 0.15) is 50.0 Å². The van der Waals surface area contributed by atoms with E-state index in [9.17, 15) is 4.79 Å². The molecule has 0 bridgehead atoms. The number of carbonyl (C=O) groups is 1. The number of fused-ring (bicyclic) bond motifs is 1. The monoisotopic (exact) mass is 417 g/mol. The predicted octanol–water partition coefficient (Wildman–Crippen LogP) is 3.32. The van der Waals surface area contributed by atoms with Crippen molar-refractivity contribution in [2.75, 3.05) is 25.1 Å². The Balaban J connectivity index is 0.00000182. The Morgan fingerprint density at radius 1 is 1.33 bits per heavy atom. The van der Waals surface area contributed by atoms with Gasteiger partial charge in [-0.2, -0.15) is 0 Å². The maximum Gasteiger partial charge on any atom is 0.354 e. The second-order valence-corrected chi connectivity index (χ2v) is 7.59. The largest absolute Gasteiger partial charge is 0.464 e. The van der Waals surface area contributed by atoms with E-state index >= 15 is 0 Å². The van der Waals surface area contributed by atoms with Gasteiger partial charge in [-0.15, -0.1) is 24.8 Å². The van der Waals surface area contributed by atoms with Crippen molar-refractivity contribution in [1.29, 1.82) is 0 Å². The first-order valence-electron chi connectivity index (χ1n) is 8.83. The van der Waals surface area contributed by atoms with Gasteiger partial charge in [0.15, 0.2) is 0 Å². The quantitative estimate of drug-likeness (QED) is 0.723. The Hall–Kier alpha value is -1.57. The average molecular weight is 418 g/mol. The number of nitrogens with one attached hydrogen (secondary N) is 1. The van der Waals surface area contributed by atoms with Gasteiger partial charge < -0.3 is 20.4 Å². The van der Waals surface area contributed by atoms with Crippen LogP contribution >= 0.6 is 24.8 Å². The van der Waals surface area contributed by atoms with Crippen molar-refractivity contribution in [3.63, 3.8) is 0 Å². The third-order valence-electron chi connectivity index (χ3n) is 4.92. The van der Waals surface area contributed by atoms with E-state index in [1.165, 1.54) is 19.9 Å². The standard InChI is InChI=1S/C18H27N5O2.2ClH/c1-18(2,19)7-4-12-5-8-23(9-6-12)16-13-10-14(17(24)25-3)22-15(13)20-11-21-16;;/h10-12H,4-9,19H2,1-3H3,(H,20,21,22);2*1H. The van der Waals surface area contributed by atoms with Crippen molar-refractivity contribution in [3.8, 4) is 0 Å². The molecule has 1 saturated heterocycles. The summed E-state index contributed by atoms with van der Waals surface area (Å²) in [6, 6.07) is 1.78. The van der Waals surface area contributed by atoms with E-state index in [4.69, 9.17) is 10.5 Å². The first kappa shape index (κ1) is 23.5. The Kier molecular flexibility index (Phi) is 8.32. The molecule has 9 heteroatoms. The number of nitrogens with zero attached hydrogens (tertiary/aromatic N) is 3. The summed E-state index contributed by atoms with van der Waals surface area (Å²) in [7, 11) is 1.37. The molecule has 0 saturated carbocycles. The summed E-state index contributed by atoms with van der Waals surface area (Å²) in [6.45, 7) is 6.09. The van der Waals surface area contributed by atoms with Gasteiger partial charge in [-0.05, 0) is 51.5 Å². The molecule has 0 aromatic carbocycles. The van der Waals surface area contributed by atoms with Crippen LogP contribution in [0.3, 0.4) is 0 Å². The zero-order valence-electron chi connectivity index (χ0n) is 16.0. The Morgan fingerprint density at radius 3 is 2.59 bits per heavy atom. The second-order valence-electron chi connectivity index (χ2n) is 7.59. The molecule has 0 unspecified atom stereocenters. The molecule has 152 valence electrons. The van der Waals surface area contributed by atoms with E-state index < -0.39 is 5.97 Å². The molecule has 0 amide bonds. The Labute approximate surface area is 172 Å². The molecule has 3 rings (SSSR count). The number of hydrogen-bond acceptors (Lipinski definition) is 6. The molecular formula is C18H29Cl2N5O2. The number of piperidine rings is 1. The molecule has 7 nitrogen and oxygen atoms in total. The number of anilines is 1. The number of rotatable bonds is 5. The minimum Gasteiger partial charge on any atom is -0.464 e. The number of esters is 1. The highest BCUT2D eigenvalue weighted by Crippen LogP contribution is 2.30. The van der Waals surface area contributed by atoms with Gasteiger partial charge in [-0.25, -0.2) is 14.8 Å². The first-order chi connectivity index (χ1) is 11.9. The van der Waals surface area contributed by atoms with Crippen LogP contribution in [0.15, 0.2) is 12.4 Å². The number of halogens is 2. The summed E-state index contributed by atoms with van der Waals surface area (Å²) in [5.74, 6) is 1.20. The van der Waals surface area contributed by atoms with Crippen LogP contribution in [0.5, 0.6) is 0 Å². The van der Waals surface area contributed by atoms with Crippen molar-refractivity contribution >= 4 is 47.6 Å². The number of H-pyrrole nitrogens is 1. The normalized spacial score (nSPS) is 15.2. The smallest absolute Gasteiger partial charge is 0.354 e. The number of aromatic nitrogens is 3. The van der Waals surface area contributed by atoms with E-state index in [1.807, 2.05) is 0 Å². The lowest BCUT2D eigenvalue weighted by molar-refractivity contribution is 0.0595. The van der Waals surface area contributed by atoms with Crippen LogP contribution in [0.25, 0.3) is 11.0 Å².